The highest BCUT2D eigenvalue weighted by Gasteiger charge is 2.23. The lowest BCUT2D eigenvalue weighted by molar-refractivity contribution is -0.0437. The van der Waals surface area contributed by atoms with Crippen molar-refractivity contribution in [2.45, 2.75) is 6.29 Å². The van der Waals surface area contributed by atoms with Crippen molar-refractivity contribution >= 4 is 5.97 Å². The van der Waals surface area contributed by atoms with Gasteiger partial charge in [-0.25, -0.2) is 4.79 Å². The molecule has 20 heavy (non-hydrogen) atoms. The summed E-state index contributed by atoms with van der Waals surface area (Å²) < 4.78 is 21.2. The molecule has 1 saturated heterocycles. The van der Waals surface area contributed by atoms with Gasteiger partial charge in [0.15, 0.2) is 6.29 Å². The number of benzene rings is 1. The first-order chi connectivity index (χ1) is 9.79. The molecule has 104 valence electrons. The summed E-state index contributed by atoms with van der Waals surface area (Å²) in [5, 5.41) is 0. The van der Waals surface area contributed by atoms with Crippen molar-refractivity contribution in [3.8, 4) is 11.3 Å². The van der Waals surface area contributed by atoms with E-state index in [0.717, 1.165) is 11.1 Å². The van der Waals surface area contributed by atoms with Crippen molar-refractivity contribution in [2.24, 2.45) is 0 Å². The summed E-state index contributed by atoms with van der Waals surface area (Å²) in [4.78, 5) is 11.4. The van der Waals surface area contributed by atoms with Crippen LogP contribution in [-0.4, -0.2) is 26.3 Å². The zero-order chi connectivity index (χ0) is 13.9. The van der Waals surface area contributed by atoms with Crippen LogP contribution < -0.4 is 0 Å². The first-order valence-electron chi connectivity index (χ1n) is 6.30. The van der Waals surface area contributed by atoms with Crippen molar-refractivity contribution < 1.29 is 23.4 Å². The van der Waals surface area contributed by atoms with Gasteiger partial charge in [-0.1, -0.05) is 24.3 Å². The normalized spacial score (nSPS) is 15.4. The van der Waals surface area contributed by atoms with E-state index in [2.05, 4.69) is 4.74 Å². The summed E-state index contributed by atoms with van der Waals surface area (Å²) in [5.41, 5.74) is 1.73. The fourth-order valence-corrected chi connectivity index (χ4v) is 2.16. The summed E-state index contributed by atoms with van der Waals surface area (Å²) in [7, 11) is 1.32. The maximum Gasteiger partial charge on any atom is 0.373 e. The minimum absolute atomic E-state index is 0.172. The number of methoxy groups -OCH3 is 1. The number of carbonyl (C=O) groups is 1. The lowest BCUT2D eigenvalue weighted by Crippen LogP contribution is -2.00. The van der Waals surface area contributed by atoms with E-state index in [1.165, 1.54) is 7.11 Å². The number of ether oxygens (including phenoxy) is 3. The van der Waals surface area contributed by atoms with Crippen LogP contribution in [0.5, 0.6) is 0 Å². The van der Waals surface area contributed by atoms with E-state index >= 15 is 0 Å². The minimum atomic E-state index is -0.498. The first-order valence-corrected chi connectivity index (χ1v) is 6.30. The van der Waals surface area contributed by atoms with E-state index in [1.807, 2.05) is 24.3 Å². The quantitative estimate of drug-likeness (QED) is 0.805. The Morgan fingerprint density at radius 1 is 1.15 bits per heavy atom. The van der Waals surface area contributed by atoms with Gasteiger partial charge in [-0.3, -0.25) is 0 Å². The lowest BCUT2D eigenvalue weighted by Gasteiger charge is -2.12. The van der Waals surface area contributed by atoms with Crippen LogP contribution in [0.4, 0.5) is 0 Å². The number of hydrogen-bond acceptors (Lipinski definition) is 5. The number of hydrogen-bond donors (Lipinski definition) is 0. The molecule has 1 aliphatic heterocycles. The number of carbonyl (C=O) groups excluding carboxylic acids is 1. The molecule has 0 aliphatic carbocycles. The van der Waals surface area contributed by atoms with Gasteiger partial charge in [-0.15, -0.1) is 0 Å². The largest absolute Gasteiger partial charge is 0.463 e. The molecule has 3 rings (SSSR count). The van der Waals surface area contributed by atoms with Gasteiger partial charge in [0.25, 0.3) is 0 Å². The highest BCUT2D eigenvalue weighted by molar-refractivity contribution is 5.87. The Hall–Kier alpha value is -2.11. The first kappa shape index (κ1) is 12.9. The lowest BCUT2D eigenvalue weighted by atomic mass is 10.1. The van der Waals surface area contributed by atoms with Crippen molar-refractivity contribution in [2.75, 3.05) is 20.3 Å². The van der Waals surface area contributed by atoms with E-state index in [9.17, 15) is 4.79 Å². The smallest absolute Gasteiger partial charge is 0.373 e. The third-order valence-electron chi connectivity index (χ3n) is 3.09. The molecule has 0 unspecified atom stereocenters. The molecule has 0 spiro atoms. The van der Waals surface area contributed by atoms with Crippen molar-refractivity contribution in [1.82, 2.24) is 0 Å². The van der Waals surface area contributed by atoms with Crippen LogP contribution in [-0.2, 0) is 14.2 Å². The average molecular weight is 274 g/mol. The molecule has 0 saturated carbocycles. The van der Waals surface area contributed by atoms with Gasteiger partial charge in [0.2, 0.25) is 5.76 Å². The highest BCUT2D eigenvalue weighted by atomic mass is 16.7. The predicted molar refractivity (Wildman–Crippen MR) is 70.1 cm³/mol. The molecule has 2 heterocycles. The summed E-state index contributed by atoms with van der Waals surface area (Å²) >= 11 is 0. The Kier molecular flexibility index (Phi) is 3.54. The highest BCUT2D eigenvalue weighted by Crippen LogP contribution is 2.33. The van der Waals surface area contributed by atoms with Gasteiger partial charge >= 0.3 is 5.97 Å². The van der Waals surface area contributed by atoms with Crippen LogP contribution >= 0.6 is 0 Å². The zero-order valence-corrected chi connectivity index (χ0v) is 11.0. The third kappa shape index (κ3) is 2.33. The van der Waals surface area contributed by atoms with Gasteiger partial charge in [0.05, 0.1) is 20.3 Å². The Balaban J connectivity index is 1.97. The van der Waals surface area contributed by atoms with Crippen LogP contribution in [0.2, 0.25) is 0 Å². The number of furan rings is 1. The maximum absolute atomic E-state index is 11.4. The summed E-state index contributed by atoms with van der Waals surface area (Å²) in [5.74, 6) is 0.257. The third-order valence-corrected chi connectivity index (χ3v) is 3.09. The molecule has 1 aliphatic rings. The van der Waals surface area contributed by atoms with Gasteiger partial charge in [-0.05, 0) is 12.1 Å². The number of esters is 1. The molecule has 2 aromatic rings. The second kappa shape index (κ2) is 5.48. The van der Waals surface area contributed by atoms with Crippen molar-refractivity contribution in [3.63, 3.8) is 0 Å². The van der Waals surface area contributed by atoms with E-state index in [0.29, 0.717) is 19.0 Å². The molecule has 0 atom stereocenters. The number of rotatable bonds is 3. The molecule has 1 fully saturated rings. The molecule has 1 aromatic heterocycles. The van der Waals surface area contributed by atoms with E-state index < -0.39 is 12.3 Å². The van der Waals surface area contributed by atoms with Crippen LogP contribution in [0.3, 0.4) is 0 Å². The molecule has 5 nitrogen and oxygen atoms in total. The summed E-state index contributed by atoms with van der Waals surface area (Å²) in [6.45, 7) is 1.15. The van der Waals surface area contributed by atoms with Gasteiger partial charge in [0, 0.05) is 11.1 Å². The van der Waals surface area contributed by atoms with Crippen LogP contribution in [0.15, 0.2) is 40.8 Å². The molecule has 5 heteroatoms. The molecule has 0 radical (unpaired) electrons. The van der Waals surface area contributed by atoms with E-state index in [1.54, 1.807) is 12.1 Å². The predicted octanol–water partition coefficient (Wildman–Crippen LogP) is 2.78. The summed E-state index contributed by atoms with van der Waals surface area (Å²) in [6, 6.07) is 11.0. The second-order valence-electron chi connectivity index (χ2n) is 4.32. The fourth-order valence-electron chi connectivity index (χ4n) is 2.16. The SMILES string of the molecule is COC(=O)c1ccc(-c2ccccc2C2OCCO2)o1. The Morgan fingerprint density at radius 2 is 1.90 bits per heavy atom. The minimum Gasteiger partial charge on any atom is -0.463 e. The average Bonchev–Trinajstić information content (AvgIpc) is 3.17. The van der Waals surface area contributed by atoms with Crippen LogP contribution in [0.25, 0.3) is 11.3 Å². The molecule has 0 bridgehead atoms. The second-order valence-corrected chi connectivity index (χ2v) is 4.32. The van der Waals surface area contributed by atoms with Gasteiger partial charge in [-0.2, -0.15) is 0 Å². The zero-order valence-electron chi connectivity index (χ0n) is 11.0. The molecule has 0 N–H and O–H groups in total. The monoisotopic (exact) mass is 274 g/mol. The van der Waals surface area contributed by atoms with Crippen molar-refractivity contribution in [1.29, 1.82) is 0 Å². The van der Waals surface area contributed by atoms with E-state index in [-0.39, 0.29) is 5.76 Å². The van der Waals surface area contributed by atoms with Crippen LogP contribution in [0.1, 0.15) is 22.4 Å². The fraction of sp³-hybridized carbons (Fsp3) is 0.267. The van der Waals surface area contributed by atoms with Crippen LogP contribution in [0, 0.1) is 0 Å². The molecular weight excluding hydrogens is 260 g/mol. The Bertz CT molecular complexity index is 610. The molecule has 0 amide bonds. The Morgan fingerprint density at radius 3 is 2.65 bits per heavy atom. The van der Waals surface area contributed by atoms with Crippen molar-refractivity contribution in [3.05, 3.63) is 47.7 Å². The Labute approximate surface area is 116 Å². The maximum atomic E-state index is 11.4. The van der Waals surface area contributed by atoms with Gasteiger partial charge < -0.3 is 18.6 Å². The van der Waals surface area contributed by atoms with Gasteiger partial charge in [0.1, 0.15) is 5.76 Å². The topological polar surface area (TPSA) is 57.9 Å². The standard InChI is InChI=1S/C15H14O5/c1-17-14(16)13-7-6-12(20-13)10-4-2-3-5-11(10)15-18-8-9-19-15/h2-7,15H,8-9H2,1H3. The van der Waals surface area contributed by atoms with E-state index in [4.69, 9.17) is 13.9 Å². The summed E-state index contributed by atoms with van der Waals surface area (Å²) in [6.07, 6.45) is -0.391. The molecule has 1 aromatic carbocycles. The molecular formula is C15H14O5.